The molecule has 1 aromatic heterocycles. The molecule has 0 N–H and O–H groups in total. The summed E-state index contributed by atoms with van der Waals surface area (Å²) in [5.41, 5.74) is 3.76. The fraction of sp³-hybridized carbons (Fsp3) is 0.150. The van der Waals surface area contributed by atoms with E-state index in [0.29, 0.717) is 0 Å². The van der Waals surface area contributed by atoms with Gasteiger partial charge >= 0.3 is 0 Å². The van der Waals surface area contributed by atoms with Gasteiger partial charge in [-0.3, -0.25) is 0 Å². The number of rotatable bonds is 5. The second-order valence-corrected chi connectivity index (χ2v) is 6.84. The summed E-state index contributed by atoms with van der Waals surface area (Å²) < 4.78 is 0. The first kappa shape index (κ1) is 16.1. The van der Waals surface area contributed by atoms with Crippen LogP contribution in [-0.4, -0.2) is 0 Å². The number of hydrogen-bond donors (Lipinski definition) is 0. The summed E-state index contributed by atoms with van der Waals surface area (Å²) in [7, 11) is 0. The van der Waals surface area contributed by atoms with Crippen molar-refractivity contribution in [1.29, 1.82) is 5.26 Å². The Bertz CT molecular complexity index is 871. The van der Waals surface area contributed by atoms with Crippen LogP contribution in [0.2, 0.25) is 0 Å². The quantitative estimate of drug-likeness (QED) is 0.519. The molecule has 1 heterocycles. The van der Waals surface area contributed by atoms with Gasteiger partial charge in [0, 0.05) is 9.75 Å². The van der Waals surface area contributed by atoms with E-state index in [1.807, 2.05) is 55.5 Å². The highest BCUT2D eigenvalue weighted by atomic mass is 32.1. The normalized spacial score (nSPS) is 10.8. The van der Waals surface area contributed by atoms with E-state index >= 15 is 0 Å². The minimum atomic E-state index is 0.798. The predicted octanol–water partition coefficient (Wildman–Crippen LogP) is 6.13. The van der Waals surface area contributed by atoms with Gasteiger partial charge in [-0.25, -0.2) is 0 Å². The van der Waals surface area contributed by atoms with Crippen molar-refractivity contribution in [2.24, 2.45) is 10.2 Å². The van der Waals surface area contributed by atoms with Gasteiger partial charge in [-0.2, -0.15) is 15.5 Å². The number of hydrogen-bond acceptors (Lipinski definition) is 4. The van der Waals surface area contributed by atoms with Crippen molar-refractivity contribution in [1.82, 2.24) is 0 Å². The first-order valence-corrected chi connectivity index (χ1v) is 8.61. The average Bonchev–Trinajstić information content (AvgIpc) is 3.00. The zero-order valence-electron chi connectivity index (χ0n) is 13.4. The van der Waals surface area contributed by atoms with Gasteiger partial charge in [0.1, 0.15) is 6.07 Å². The third-order valence-electron chi connectivity index (χ3n) is 3.72. The lowest BCUT2D eigenvalue weighted by molar-refractivity contribution is 0.980. The molecular weight excluding hydrogens is 314 g/mol. The zero-order chi connectivity index (χ0) is 16.8. The molecule has 3 aromatic rings. The standard InChI is InChI=1S/C20H17N3S/c1-15-17(14-21)13-20(24-15)12-9-16-7-10-19(11-8-16)23-22-18-5-3-2-4-6-18/h2-8,10-11,13H,9,12H2,1H3. The molecule has 0 amide bonds. The number of nitrogens with zero attached hydrogens (tertiary/aromatic N) is 3. The lowest BCUT2D eigenvalue weighted by Crippen LogP contribution is -1.87. The summed E-state index contributed by atoms with van der Waals surface area (Å²) in [6.07, 6.45) is 1.92. The second kappa shape index (κ2) is 7.67. The van der Waals surface area contributed by atoms with E-state index in [0.717, 1.165) is 34.7 Å². The smallest absolute Gasteiger partial charge is 0.100 e. The van der Waals surface area contributed by atoms with Gasteiger partial charge in [0.15, 0.2) is 0 Å². The van der Waals surface area contributed by atoms with Gasteiger partial charge in [0.2, 0.25) is 0 Å². The van der Waals surface area contributed by atoms with Gasteiger partial charge in [0.05, 0.1) is 16.9 Å². The SMILES string of the molecule is Cc1sc(CCc2ccc(N=Nc3ccccc3)cc2)cc1C#N. The van der Waals surface area contributed by atoms with Crippen LogP contribution in [0.4, 0.5) is 11.4 Å². The predicted molar refractivity (Wildman–Crippen MR) is 98.2 cm³/mol. The molecule has 0 fully saturated rings. The molecule has 0 atom stereocenters. The molecule has 24 heavy (non-hydrogen) atoms. The van der Waals surface area contributed by atoms with Crippen LogP contribution >= 0.6 is 11.3 Å². The van der Waals surface area contributed by atoms with Crippen LogP contribution in [0, 0.1) is 18.3 Å². The van der Waals surface area contributed by atoms with E-state index in [9.17, 15) is 0 Å². The first-order valence-electron chi connectivity index (χ1n) is 7.80. The van der Waals surface area contributed by atoms with E-state index < -0.39 is 0 Å². The molecule has 3 rings (SSSR count). The van der Waals surface area contributed by atoms with Crippen LogP contribution < -0.4 is 0 Å². The fourth-order valence-corrected chi connectivity index (χ4v) is 3.37. The van der Waals surface area contributed by atoms with Crippen molar-refractivity contribution in [3.8, 4) is 6.07 Å². The van der Waals surface area contributed by atoms with Gasteiger partial charge in [-0.15, -0.1) is 11.3 Å². The van der Waals surface area contributed by atoms with Crippen LogP contribution in [0.1, 0.15) is 20.9 Å². The maximum absolute atomic E-state index is 9.02. The molecule has 0 unspecified atom stereocenters. The number of aryl methyl sites for hydroxylation is 3. The maximum atomic E-state index is 9.02. The van der Waals surface area contributed by atoms with E-state index in [4.69, 9.17) is 5.26 Å². The molecule has 0 aliphatic carbocycles. The van der Waals surface area contributed by atoms with Gasteiger partial charge in [0.25, 0.3) is 0 Å². The summed E-state index contributed by atoms with van der Waals surface area (Å²) in [6, 6.07) is 22.1. The molecule has 0 aliphatic heterocycles. The number of azo groups is 1. The first-order chi connectivity index (χ1) is 11.7. The van der Waals surface area contributed by atoms with Crippen molar-refractivity contribution < 1.29 is 0 Å². The van der Waals surface area contributed by atoms with Crippen LogP contribution in [0.3, 0.4) is 0 Å². The number of nitriles is 1. The topological polar surface area (TPSA) is 48.5 Å². The Kier molecular flexibility index (Phi) is 5.15. The third-order valence-corrected chi connectivity index (χ3v) is 4.83. The third kappa shape index (κ3) is 4.15. The van der Waals surface area contributed by atoms with E-state index in [1.165, 1.54) is 10.4 Å². The molecule has 0 aliphatic rings. The van der Waals surface area contributed by atoms with Gasteiger partial charge in [-0.1, -0.05) is 30.3 Å². The van der Waals surface area contributed by atoms with Gasteiger partial charge in [-0.05, 0) is 55.7 Å². The highest BCUT2D eigenvalue weighted by molar-refractivity contribution is 7.12. The van der Waals surface area contributed by atoms with E-state index in [1.54, 1.807) is 11.3 Å². The van der Waals surface area contributed by atoms with E-state index in [-0.39, 0.29) is 0 Å². The Morgan fingerprint density at radius 1 is 0.917 bits per heavy atom. The Hall–Kier alpha value is -2.77. The summed E-state index contributed by atoms with van der Waals surface area (Å²) in [5.74, 6) is 0. The lowest BCUT2D eigenvalue weighted by atomic mass is 10.1. The molecule has 118 valence electrons. The van der Waals surface area contributed by atoms with Gasteiger partial charge < -0.3 is 0 Å². The average molecular weight is 331 g/mol. The number of thiophene rings is 1. The molecule has 4 heteroatoms. The summed E-state index contributed by atoms with van der Waals surface area (Å²) >= 11 is 1.71. The van der Waals surface area contributed by atoms with Crippen molar-refractivity contribution >= 4 is 22.7 Å². The molecular formula is C20H17N3S. The van der Waals surface area contributed by atoms with E-state index in [2.05, 4.69) is 28.4 Å². The summed E-state index contributed by atoms with van der Waals surface area (Å²) in [5, 5.41) is 17.5. The van der Waals surface area contributed by atoms with Crippen molar-refractivity contribution in [3.05, 3.63) is 81.5 Å². The maximum Gasteiger partial charge on any atom is 0.100 e. The van der Waals surface area contributed by atoms with Crippen LogP contribution in [0.25, 0.3) is 0 Å². The molecule has 3 nitrogen and oxygen atoms in total. The Balaban J connectivity index is 1.60. The zero-order valence-corrected chi connectivity index (χ0v) is 14.3. The molecule has 0 bridgehead atoms. The molecule has 0 radical (unpaired) electrons. The number of benzene rings is 2. The molecule has 0 saturated carbocycles. The fourth-order valence-electron chi connectivity index (χ4n) is 2.38. The summed E-state index contributed by atoms with van der Waals surface area (Å²) in [4.78, 5) is 2.36. The van der Waals surface area contributed by atoms with Crippen molar-refractivity contribution in [2.45, 2.75) is 19.8 Å². The second-order valence-electron chi connectivity index (χ2n) is 5.50. The Labute approximate surface area is 145 Å². The van der Waals surface area contributed by atoms with Crippen molar-refractivity contribution in [3.63, 3.8) is 0 Å². The molecule has 0 saturated heterocycles. The highest BCUT2D eigenvalue weighted by Gasteiger charge is 2.05. The summed E-state index contributed by atoms with van der Waals surface area (Å²) in [6.45, 7) is 2.00. The Morgan fingerprint density at radius 3 is 2.21 bits per heavy atom. The van der Waals surface area contributed by atoms with Crippen LogP contribution in [0.15, 0.2) is 70.9 Å². The lowest BCUT2D eigenvalue weighted by Gasteiger charge is -2.00. The van der Waals surface area contributed by atoms with Crippen LogP contribution in [0.5, 0.6) is 0 Å². The monoisotopic (exact) mass is 331 g/mol. The molecule has 2 aromatic carbocycles. The minimum Gasteiger partial charge on any atom is -0.192 e. The largest absolute Gasteiger partial charge is 0.192 e. The highest BCUT2D eigenvalue weighted by Crippen LogP contribution is 2.23. The minimum absolute atomic E-state index is 0.798. The van der Waals surface area contributed by atoms with Crippen LogP contribution in [-0.2, 0) is 12.8 Å². The molecule has 0 spiro atoms. The van der Waals surface area contributed by atoms with Crippen molar-refractivity contribution in [2.75, 3.05) is 0 Å². The Morgan fingerprint density at radius 2 is 1.58 bits per heavy atom.